The van der Waals surface area contributed by atoms with E-state index in [1.165, 1.54) is 5.56 Å². The molecule has 0 aliphatic rings. The van der Waals surface area contributed by atoms with Crippen LogP contribution in [0.5, 0.6) is 5.75 Å². The fraction of sp³-hybridized carbons (Fsp3) is 0.136. The highest BCUT2D eigenvalue weighted by Crippen LogP contribution is 2.20. The lowest BCUT2D eigenvalue weighted by atomic mass is 10.1. The van der Waals surface area contributed by atoms with Crippen LogP contribution in [0, 0.1) is 11.3 Å². The van der Waals surface area contributed by atoms with Gasteiger partial charge in [0.05, 0.1) is 5.70 Å². The van der Waals surface area contributed by atoms with Gasteiger partial charge in [-0.25, -0.2) is 5.84 Å². The number of benzene rings is 2. The van der Waals surface area contributed by atoms with Gasteiger partial charge >= 0.3 is 0 Å². The highest BCUT2D eigenvalue weighted by molar-refractivity contribution is 5.69. The van der Waals surface area contributed by atoms with Crippen molar-refractivity contribution in [3.8, 4) is 11.8 Å². The molecule has 6 nitrogen and oxygen atoms in total. The molecule has 0 aliphatic carbocycles. The van der Waals surface area contributed by atoms with Crippen molar-refractivity contribution in [2.75, 3.05) is 0 Å². The van der Waals surface area contributed by atoms with E-state index in [0.717, 1.165) is 12.1 Å². The Morgan fingerprint density at radius 1 is 1.25 bits per heavy atom. The van der Waals surface area contributed by atoms with Gasteiger partial charge in [0, 0.05) is 12.1 Å². The fourth-order valence-electron chi connectivity index (χ4n) is 2.56. The molecular formula is C22H25N5O. The molecule has 2 rings (SSSR count). The quantitative estimate of drug-likeness (QED) is 0.353. The maximum atomic E-state index is 9.03. The van der Waals surface area contributed by atoms with Gasteiger partial charge in [0.1, 0.15) is 18.4 Å². The fourth-order valence-corrected chi connectivity index (χ4v) is 2.56. The molecule has 5 N–H and O–H groups in total. The van der Waals surface area contributed by atoms with E-state index in [4.69, 9.17) is 21.6 Å². The summed E-state index contributed by atoms with van der Waals surface area (Å²) >= 11 is 0. The number of nitriles is 1. The van der Waals surface area contributed by atoms with E-state index in [2.05, 4.69) is 24.1 Å². The van der Waals surface area contributed by atoms with Crippen LogP contribution in [0.25, 0.3) is 5.70 Å². The summed E-state index contributed by atoms with van der Waals surface area (Å²) in [6.45, 7) is 6.97. The van der Waals surface area contributed by atoms with Gasteiger partial charge in [-0.1, -0.05) is 49.1 Å². The van der Waals surface area contributed by atoms with E-state index in [9.17, 15) is 0 Å². The monoisotopic (exact) mass is 375 g/mol. The topological polar surface area (TPSA) is 100 Å². The van der Waals surface area contributed by atoms with Gasteiger partial charge in [0.2, 0.25) is 0 Å². The van der Waals surface area contributed by atoms with Crippen molar-refractivity contribution in [1.29, 1.82) is 5.26 Å². The zero-order valence-electron chi connectivity index (χ0n) is 15.9. The Labute approximate surface area is 166 Å². The molecule has 0 bridgehead atoms. The van der Waals surface area contributed by atoms with Gasteiger partial charge < -0.3 is 20.8 Å². The number of nitrogens with zero attached hydrogens (tertiary/aromatic N) is 2. The van der Waals surface area contributed by atoms with E-state index in [1.54, 1.807) is 18.3 Å². The van der Waals surface area contributed by atoms with Gasteiger partial charge in [-0.05, 0) is 42.6 Å². The SMILES string of the molecule is C=CN(/C=C\C)Cc1ccc(COc2cccc(/C(N)=C(\C#N)NN)c2)cc1. The molecule has 0 radical (unpaired) electrons. The van der Waals surface area contributed by atoms with Crippen molar-refractivity contribution in [1.82, 2.24) is 10.3 Å². The Hall–Kier alpha value is -3.69. The second-order valence-corrected chi connectivity index (χ2v) is 6.02. The minimum atomic E-state index is 0.110. The second-order valence-electron chi connectivity index (χ2n) is 6.02. The first-order valence-corrected chi connectivity index (χ1v) is 8.80. The Morgan fingerprint density at radius 3 is 2.57 bits per heavy atom. The summed E-state index contributed by atoms with van der Waals surface area (Å²) in [6, 6.07) is 17.4. The molecule has 28 heavy (non-hydrogen) atoms. The van der Waals surface area contributed by atoms with E-state index < -0.39 is 0 Å². The molecule has 0 fully saturated rings. The molecule has 0 aromatic heterocycles. The lowest BCUT2D eigenvalue weighted by Crippen LogP contribution is -2.23. The largest absolute Gasteiger partial charge is 0.489 e. The molecule has 2 aromatic carbocycles. The van der Waals surface area contributed by atoms with E-state index in [1.807, 2.05) is 54.4 Å². The van der Waals surface area contributed by atoms with Crippen LogP contribution in [0.1, 0.15) is 23.6 Å². The first-order chi connectivity index (χ1) is 13.6. The molecule has 0 saturated carbocycles. The van der Waals surface area contributed by atoms with Crippen LogP contribution in [0.3, 0.4) is 0 Å². The maximum absolute atomic E-state index is 9.03. The summed E-state index contributed by atoms with van der Waals surface area (Å²) < 4.78 is 5.86. The predicted molar refractivity (Wildman–Crippen MR) is 112 cm³/mol. The minimum Gasteiger partial charge on any atom is -0.489 e. The number of rotatable bonds is 9. The van der Waals surface area contributed by atoms with Crippen LogP contribution >= 0.6 is 0 Å². The Morgan fingerprint density at radius 2 is 1.96 bits per heavy atom. The van der Waals surface area contributed by atoms with Gasteiger partial charge in [-0.2, -0.15) is 5.26 Å². The first kappa shape index (κ1) is 20.6. The molecule has 0 amide bonds. The highest BCUT2D eigenvalue weighted by Gasteiger charge is 2.06. The standard InChI is InChI=1S/C22H25N5O/c1-3-12-27(4-2)15-17-8-10-18(11-9-17)16-28-20-7-5-6-19(13-20)22(24)21(14-23)26-25/h3-13,26H,2,15-16,24-25H2,1H3/b12-3-,22-21-. The maximum Gasteiger partial charge on any atom is 0.151 e. The van der Waals surface area contributed by atoms with Gasteiger partial charge in [0.15, 0.2) is 5.70 Å². The summed E-state index contributed by atoms with van der Waals surface area (Å²) in [5.41, 5.74) is 11.5. The Balaban J connectivity index is 2.03. The van der Waals surface area contributed by atoms with E-state index in [0.29, 0.717) is 17.9 Å². The van der Waals surface area contributed by atoms with Crippen molar-refractivity contribution < 1.29 is 4.74 Å². The normalized spacial score (nSPS) is 11.5. The lowest BCUT2D eigenvalue weighted by molar-refractivity contribution is 0.306. The third-order valence-electron chi connectivity index (χ3n) is 4.04. The molecule has 0 spiro atoms. The van der Waals surface area contributed by atoms with Crippen molar-refractivity contribution in [3.05, 3.63) is 96.0 Å². The number of nitrogens with one attached hydrogen (secondary N) is 1. The molecule has 0 unspecified atom stereocenters. The summed E-state index contributed by atoms with van der Waals surface area (Å²) in [5.74, 6) is 5.97. The second kappa shape index (κ2) is 10.5. The molecule has 144 valence electrons. The van der Waals surface area contributed by atoms with Crippen molar-refractivity contribution in [2.24, 2.45) is 11.6 Å². The third kappa shape index (κ3) is 5.66. The number of allylic oxidation sites excluding steroid dienone is 2. The van der Waals surface area contributed by atoms with Crippen molar-refractivity contribution >= 4 is 5.70 Å². The zero-order chi connectivity index (χ0) is 20.4. The first-order valence-electron chi connectivity index (χ1n) is 8.80. The van der Waals surface area contributed by atoms with Crippen molar-refractivity contribution in [3.63, 3.8) is 0 Å². The lowest BCUT2D eigenvalue weighted by Gasteiger charge is -2.15. The molecule has 6 heteroatoms. The number of hydrogen-bond acceptors (Lipinski definition) is 6. The van der Waals surface area contributed by atoms with Crippen LogP contribution in [0.15, 0.2) is 79.3 Å². The molecular weight excluding hydrogens is 350 g/mol. The average molecular weight is 375 g/mol. The van der Waals surface area contributed by atoms with Crippen LogP contribution in [0.2, 0.25) is 0 Å². The van der Waals surface area contributed by atoms with Crippen LogP contribution in [-0.4, -0.2) is 4.90 Å². The summed E-state index contributed by atoms with van der Waals surface area (Å²) in [4.78, 5) is 2.01. The van der Waals surface area contributed by atoms with Gasteiger partial charge in [0.25, 0.3) is 0 Å². The highest BCUT2D eigenvalue weighted by atomic mass is 16.5. The van der Waals surface area contributed by atoms with E-state index in [-0.39, 0.29) is 11.4 Å². The van der Waals surface area contributed by atoms with Crippen LogP contribution < -0.4 is 21.7 Å². The summed E-state index contributed by atoms with van der Waals surface area (Å²) in [7, 11) is 0. The number of nitrogens with two attached hydrogens (primary N) is 2. The molecule has 0 saturated heterocycles. The molecule has 0 atom stereocenters. The van der Waals surface area contributed by atoms with Gasteiger partial charge in [-0.3, -0.25) is 0 Å². The smallest absolute Gasteiger partial charge is 0.151 e. The number of ether oxygens (including phenoxy) is 1. The molecule has 0 aliphatic heterocycles. The third-order valence-corrected chi connectivity index (χ3v) is 4.04. The molecule has 2 aromatic rings. The van der Waals surface area contributed by atoms with Crippen molar-refractivity contribution in [2.45, 2.75) is 20.1 Å². The van der Waals surface area contributed by atoms with Gasteiger partial charge in [-0.15, -0.1) is 0 Å². The minimum absolute atomic E-state index is 0.110. The summed E-state index contributed by atoms with van der Waals surface area (Å²) in [6.07, 6.45) is 5.75. The Kier molecular flexibility index (Phi) is 7.70. The van der Waals surface area contributed by atoms with Crippen LogP contribution in [-0.2, 0) is 13.2 Å². The number of hydrazine groups is 1. The average Bonchev–Trinajstić information content (AvgIpc) is 2.74. The van der Waals surface area contributed by atoms with E-state index >= 15 is 0 Å². The number of hydrogen-bond donors (Lipinski definition) is 3. The predicted octanol–water partition coefficient (Wildman–Crippen LogP) is 3.36. The van der Waals surface area contributed by atoms with Crippen LogP contribution in [0.4, 0.5) is 0 Å². The zero-order valence-corrected chi connectivity index (χ0v) is 15.9. The summed E-state index contributed by atoms with van der Waals surface area (Å²) in [5, 5.41) is 9.03. The molecule has 0 heterocycles. The Bertz CT molecular complexity index is 894.